The minimum absolute atomic E-state index is 0.129. The van der Waals surface area contributed by atoms with Crippen molar-refractivity contribution in [1.29, 1.82) is 0 Å². The summed E-state index contributed by atoms with van der Waals surface area (Å²) in [4.78, 5) is 40.8. The van der Waals surface area contributed by atoms with Gasteiger partial charge >= 0.3 is 0 Å². The number of nitrogens with one attached hydrogen (secondary N) is 1. The highest BCUT2D eigenvalue weighted by Gasteiger charge is 2.29. The standard InChI is InChI=1S/C31H34FN7O2/c1-5-9-20-13-14-34-25(18-20)36-31(41)22-12-11-21(19-23(22)32)27-28-29(33)35-15-17-39(28)30(37-27)24(8-4)38(16-7-3)26(40)10-6-2/h11-15,17-19,24H,5,7-9,16H2,1-4H3,(H2,33,35)(H,34,36,41)/t24-/m0/s1. The maximum Gasteiger partial charge on any atom is 0.299 e. The van der Waals surface area contributed by atoms with Gasteiger partial charge in [0.1, 0.15) is 34.5 Å². The number of fused-ring (bicyclic) bond motifs is 1. The van der Waals surface area contributed by atoms with E-state index in [-0.39, 0.29) is 17.3 Å². The molecule has 0 aliphatic rings. The predicted octanol–water partition coefficient (Wildman–Crippen LogP) is 5.43. The van der Waals surface area contributed by atoms with Crippen LogP contribution in [0.1, 0.15) is 74.7 Å². The number of hydrogen-bond acceptors (Lipinski definition) is 6. The first-order valence-corrected chi connectivity index (χ1v) is 13.7. The minimum Gasteiger partial charge on any atom is -0.382 e. The van der Waals surface area contributed by atoms with E-state index in [4.69, 9.17) is 10.7 Å². The van der Waals surface area contributed by atoms with Gasteiger partial charge in [0.2, 0.25) is 0 Å². The smallest absolute Gasteiger partial charge is 0.299 e. The summed E-state index contributed by atoms with van der Waals surface area (Å²) in [5, 5.41) is 2.68. The van der Waals surface area contributed by atoms with Crippen molar-refractivity contribution in [2.24, 2.45) is 0 Å². The molecule has 4 aromatic rings. The maximum atomic E-state index is 15.4. The number of rotatable bonds is 10. The van der Waals surface area contributed by atoms with Crippen molar-refractivity contribution < 1.29 is 14.0 Å². The highest BCUT2D eigenvalue weighted by Crippen LogP contribution is 2.34. The Morgan fingerprint density at radius 1 is 1.12 bits per heavy atom. The van der Waals surface area contributed by atoms with E-state index >= 15 is 4.39 Å². The molecule has 0 fully saturated rings. The largest absolute Gasteiger partial charge is 0.382 e. The molecule has 0 unspecified atom stereocenters. The van der Waals surface area contributed by atoms with Crippen molar-refractivity contribution >= 4 is 29.0 Å². The zero-order chi connectivity index (χ0) is 29.5. The number of pyridine rings is 1. The van der Waals surface area contributed by atoms with E-state index in [9.17, 15) is 9.59 Å². The van der Waals surface area contributed by atoms with Crippen LogP contribution in [0.25, 0.3) is 16.8 Å². The van der Waals surface area contributed by atoms with Crippen molar-refractivity contribution in [1.82, 2.24) is 24.3 Å². The SMILES string of the molecule is CC#CC(=O)N(CCC)[C@@H](CC)c1nc(-c2ccc(C(=O)Nc3cc(CCC)ccn3)c(F)c2)c2c(N)nccn12. The van der Waals surface area contributed by atoms with Gasteiger partial charge in [-0.1, -0.05) is 39.2 Å². The van der Waals surface area contributed by atoms with Gasteiger partial charge in [0.15, 0.2) is 0 Å². The number of aryl methyl sites for hydroxylation is 1. The second-order valence-electron chi connectivity index (χ2n) is 9.60. The third-order valence-electron chi connectivity index (χ3n) is 6.72. The number of carbonyl (C=O) groups is 2. The highest BCUT2D eigenvalue weighted by molar-refractivity contribution is 6.04. The van der Waals surface area contributed by atoms with Crippen molar-refractivity contribution in [2.75, 3.05) is 17.6 Å². The Balaban J connectivity index is 1.74. The van der Waals surface area contributed by atoms with Gasteiger partial charge in [0.05, 0.1) is 11.6 Å². The van der Waals surface area contributed by atoms with E-state index in [0.717, 1.165) is 24.8 Å². The van der Waals surface area contributed by atoms with Crippen LogP contribution in [0.2, 0.25) is 0 Å². The third kappa shape index (κ3) is 6.19. The molecule has 4 rings (SSSR count). The van der Waals surface area contributed by atoms with Gasteiger partial charge in [-0.15, -0.1) is 0 Å². The average molecular weight is 556 g/mol. The van der Waals surface area contributed by atoms with E-state index in [1.54, 1.807) is 46.9 Å². The summed E-state index contributed by atoms with van der Waals surface area (Å²) in [6.07, 6.45) is 8.00. The van der Waals surface area contributed by atoms with Gasteiger partial charge in [-0.25, -0.2) is 19.3 Å². The van der Waals surface area contributed by atoms with Gasteiger partial charge in [-0.05, 0) is 61.9 Å². The summed E-state index contributed by atoms with van der Waals surface area (Å²) >= 11 is 0. The Bertz CT molecular complexity index is 1640. The molecule has 3 heterocycles. The zero-order valence-electron chi connectivity index (χ0n) is 23.7. The van der Waals surface area contributed by atoms with E-state index < -0.39 is 17.8 Å². The minimum atomic E-state index is -0.720. The maximum absolute atomic E-state index is 15.4. The summed E-state index contributed by atoms with van der Waals surface area (Å²) in [6.45, 7) is 8.13. The number of aromatic nitrogens is 4. The molecule has 1 aromatic carbocycles. The molecule has 212 valence electrons. The molecule has 10 heteroatoms. The van der Waals surface area contributed by atoms with Gasteiger partial charge in [-0.2, -0.15) is 0 Å². The first-order chi connectivity index (χ1) is 19.8. The summed E-state index contributed by atoms with van der Waals surface area (Å²) in [6, 6.07) is 7.55. The molecular formula is C31H34FN7O2. The van der Waals surface area contributed by atoms with Crippen LogP contribution in [0.5, 0.6) is 0 Å². The topological polar surface area (TPSA) is 119 Å². The van der Waals surface area contributed by atoms with E-state index in [1.165, 1.54) is 12.1 Å². The summed E-state index contributed by atoms with van der Waals surface area (Å²) in [5.41, 5.74) is 8.50. The number of amides is 2. The lowest BCUT2D eigenvalue weighted by Gasteiger charge is -2.28. The van der Waals surface area contributed by atoms with Crippen molar-refractivity contribution in [3.63, 3.8) is 0 Å². The number of nitrogen functional groups attached to an aromatic ring is 1. The number of benzene rings is 1. The molecule has 0 spiro atoms. The fourth-order valence-electron chi connectivity index (χ4n) is 4.90. The normalized spacial score (nSPS) is 11.5. The first kappa shape index (κ1) is 29.2. The fraction of sp³-hybridized carbons (Fsp3) is 0.323. The molecule has 0 aliphatic carbocycles. The van der Waals surface area contributed by atoms with E-state index in [2.05, 4.69) is 34.0 Å². The molecular weight excluding hydrogens is 521 g/mol. The Labute approximate surface area is 239 Å². The molecule has 0 aliphatic heterocycles. The summed E-state index contributed by atoms with van der Waals surface area (Å²) in [7, 11) is 0. The molecule has 41 heavy (non-hydrogen) atoms. The van der Waals surface area contributed by atoms with Crippen LogP contribution >= 0.6 is 0 Å². The molecule has 3 N–H and O–H groups in total. The molecule has 3 aromatic heterocycles. The van der Waals surface area contributed by atoms with Gasteiger partial charge in [-0.3, -0.25) is 14.0 Å². The highest BCUT2D eigenvalue weighted by atomic mass is 19.1. The number of halogens is 1. The lowest BCUT2D eigenvalue weighted by molar-refractivity contribution is -0.127. The quantitative estimate of drug-likeness (QED) is 0.252. The van der Waals surface area contributed by atoms with E-state index in [0.29, 0.717) is 41.4 Å². The lowest BCUT2D eigenvalue weighted by atomic mass is 10.1. The third-order valence-corrected chi connectivity index (χ3v) is 6.72. The Morgan fingerprint density at radius 2 is 1.93 bits per heavy atom. The van der Waals surface area contributed by atoms with Crippen LogP contribution in [-0.2, 0) is 11.2 Å². The second kappa shape index (κ2) is 13.0. The van der Waals surface area contributed by atoms with Crippen molar-refractivity contribution in [3.05, 3.63) is 71.7 Å². The van der Waals surface area contributed by atoms with Gasteiger partial charge in [0, 0.05) is 30.7 Å². The first-order valence-electron chi connectivity index (χ1n) is 13.7. The van der Waals surface area contributed by atoms with Crippen LogP contribution in [0.15, 0.2) is 48.9 Å². The number of nitrogens with two attached hydrogens (primary N) is 1. The Kier molecular flexibility index (Phi) is 9.30. The number of hydrogen-bond donors (Lipinski definition) is 2. The Hall–Kier alpha value is -4.78. The molecule has 9 nitrogen and oxygen atoms in total. The lowest BCUT2D eigenvalue weighted by Crippen LogP contribution is -2.35. The van der Waals surface area contributed by atoms with Crippen LogP contribution in [0, 0.1) is 17.7 Å². The van der Waals surface area contributed by atoms with Crippen molar-refractivity contribution in [2.45, 2.75) is 59.4 Å². The molecule has 0 radical (unpaired) electrons. The van der Waals surface area contributed by atoms with Gasteiger partial charge in [0.25, 0.3) is 11.8 Å². The van der Waals surface area contributed by atoms with Crippen LogP contribution < -0.4 is 11.1 Å². The zero-order valence-corrected chi connectivity index (χ0v) is 23.7. The molecule has 0 saturated heterocycles. The molecule has 1 atom stereocenters. The van der Waals surface area contributed by atoms with Crippen LogP contribution in [0.4, 0.5) is 16.0 Å². The van der Waals surface area contributed by atoms with Gasteiger partial charge < -0.3 is 16.0 Å². The number of anilines is 2. The summed E-state index contributed by atoms with van der Waals surface area (Å²) in [5.74, 6) is 4.82. The number of imidazole rings is 1. The molecule has 2 amide bonds. The molecule has 0 saturated carbocycles. The summed E-state index contributed by atoms with van der Waals surface area (Å²) < 4.78 is 17.2. The van der Waals surface area contributed by atoms with Crippen LogP contribution in [-0.4, -0.2) is 42.6 Å². The second-order valence-corrected chi connectivity index (χ2v) is 9.60. The fourth-order valence-corrected chi connectivity index (χ4v) is 4.90. The van der Waals surface area contributed by atoms with Crippen LogP contribution in [0.3, 0.4) is 0 Å². The number of nitrogens with zero attached hydrogens (tertiary/aromatic N) is 5. The van der Waals surface area contributed by atoms with E-state index in [1.807, 2.05) is 19.9 Å². The predicted molar refractivity (Wildman–Crippen MR) is 157 cm³/mol. The Morgan fingerprint density at radius 3 is 2.61 bits per heavy atom. The monoisotopic (exact) mass is 555 g/mol. The van der Waals surface area contributed by atoms with Crippen molar-refractivity contribution in [3.8, 4) is 23.1 Å². The molecule has 0 bridgehead atoms. The average Bonchev–Trinajstić information content (AvgIpc) is 3.34. The number of carbonyl (C=O) groups excluding carboxylic acids is 2.